The van der Waals surface area contributed by atoms with Crippen LogP contribution in [0.25, 0.3) is 0 Å². The molecule has 1 fully saturated rings. The zero-order valence-electron chi connectivity index (χ0n) is 8.61. The van der Waals surface area contributed by atoms with Crippen molar-refractivity contribution < 1.29 is 9.53 Å². The summed E-state index contributed by atoms with van der Waals surface area (Å²) >= 11 is 0. The van der Waals surface area contributed by atoms with Crippen molar-refractivity contribution in [3.8, 4) is 0 Å². The fourth-order valence-corrected chi connectivity index (χ4v) is 1.40. The predicted octanol–water partition coefficient (Wildman–Crippen LogP) is 1.13. The molecular formula is C12H15NO2. The largest absolute Gasteiger partial charge is 0.371 e. The number of rotatable bonds is 5. The normalized spacial score (nSPS) is 18.5. The molecule has 1 aromatic carbocycles. The lowest BCUT2D eigenvalue weighted by atomic mass is 10.1. The number of hydrogen-bond donors (Lipinski definition) is 1. The molecule has 0 saturated carbocycles. The van der Waals surface area contributed by atoms with E-state index in [1.165, 1.54) is 5.56 Å². The smallest absolute Gasteiger partial charge is 0.220 e. The molecule has 1 atom stereocenters. The highest BCUT2D eigenvalue weighted by atomic mass is 16.6. The SMILES string of the molecule is O=C(CCc1ccccc1)NCC1CO1. The molecule has 0 aromatic heterocycles. The van der Waals surface area contributed by atoms with Crippen LogP contribution < -0.4 is 5.32 Å². The molecule has 1 saturated heterocycles. The Morgan fingerprint density at radius 3 is 2.80 bits per heavy atom. The maximum atomic E-state index is 11.4. The van der Waals surface area contributed by atoms with E-state index in [9.17, 15) is 4.79 Å². The predicted molar refractivity (Wildman–Crippen MR) is 57.5 cm³/mol. The van der Waals surface area contributed by atoms with Crippen LogP contribution in [0.3, 0.4) is 0 Å². The van der Waals surface area contributed by atoms with Crippen LogP contribution >= 0.6 is 0 Å². The average molecular weight is 205 g/mol. The summed E-state index contributed by atoms with van der Waals surface area (Å²) in [4.78, 5) is 11.4. The fourth-order valence-electron chi connectivity index (χ4n) is 1.40. The zero-order valence-corrected chi connectivity index (χ0v) is 8.61. The summed E-state index contributed by atoms with van der Waals surface area (Å²) < 4.78 is 5.01. The van der Waals surface area contributed by atoms with Gasteiger partial charge in [-0.05, 0) is 12.0 Å². The first kappa shape index (κ1) is 10.2. The Bertz CT molecular complexity index is 320. The molecule has 80 valence electrons. The van der Waals surface area contributed by atoms with Crippen LogP contribution in [0.2, 0.25) is 0 Å². The first-order chi connectivity index (χ1) is 7.34. The maximum Gasteiger partial charge on any atom is 0.220 e. The maximum absolute atomic E-state index is 11.4. The molecule has 2 rings (SSSR count). The molecule has 1 N–H and O–H groups in total. The highest BCUT2D eigenvalue weighted by Gasteiger charge is 2.22. The van der Waals surface area contributed by atoms with Gasteiger partial charge in [0.05, 0.1) is 12.7 Å². The second-order valence-electron chi connectivity index (χ2n) is 3.75. The van der Waals surface area contributed by atoms with Crippen molar-refractivity contribution >= 4 is 5.91 Å². The zero-order chi connectivity index (χ0) is 10.5. The van der Waals surface area contributed by atoms with E-state index in [-0.39, 0.29) is 12.0 Å². The summed E-state index contributed by atoms with van der Waals surface area (Å²) in [5.41, 5.74) is 1.20. The van der Waals surface area contributed by atoms with Crippen molar-refractivity contribution in [2.75, 3.05) is 13.2 Å². The van der Waals surface area contributed by atoms with Crippen molar-refractivity contribution in [1.82, 2.24) is 5.32 Å². The number of carbonyl (C=O) groups is 1. The minimum atomic E-state index is 0.106. The first-order valence-electron chi connectivity index (χ1n) is 5.27. The Morgan fingerprint density at radius 2 is 2.13 bits per heavy atom. The molecule has 1 aliphatic heterocycles. The van der Waals surface area contributed by atoms with E-state index in [1.54, 1.807) is 0 Å². The number of ether oxygens (including phenoxy) is 1. The molecule has 3 heteroatoms. The summed E-state index contributed by atoms with van der Waals surface area (Å²) in [6, 6.07) is 10.0. The Hall–Kier alpha value is -1.35. The highest BCUT2D eigenvalue weighted by Crippen LogP contribution is 2.06. The number of benzene rings is 1. The molecule has 0 bridgehead atoms. The molecule has 1 amide bonds. The molecule has 1 unspecified atom stereocenters. The van der Waals surface area contributed by atoms with Crippen molar-refractivity contribution in [2.45, 2.75) is 18.9 Å². The standard InChI is InChI=1S/C12H15NO2/c14-12(13-8-11-9-15-11)7-6-10-4-2-1-3-5-10/h1-5,11H,6-9H2,(H,13,14). The van der Waals surface area contributed by atoms with Crippen LogP contribution in [-0.4, -0.2) is 25.2 Å². The highest BCUT2D eigenvalue weighted by molar-refractivity contribution is 5.76. The van der Waals surface area contributed by atoms with Gasteiger partial charge < -0.3 is 10.1 Å². The van der Waals surface area contributed by atoms with E-state index in [1.807, 2.05) is 30.3 Å². The summed E-state index contributed by atoms with van der Waals surface area (Å²) in [6.07, 6.45) is 1.63. The van der Waals surface area contributed by atoms with Crippen molar-refractivity contribution in [3.63, 3.8) is 0 Å². The lowest BCUT2D eigenvalue weighted by molar-refractivity contribution is -0.121. The first-order valence-corrected chi connectivity index (χ1v) is 5.27. The van der Waals surface area contributed by atoms with E-state index in [4.69, 9.17) is 4.74 Å². The minimum Gasteiger partial charge on any atom is -0.371 e. The Balaban J connectivity index is 1.66. The van der Waals surface area contributed by atoms with Crippen LogP contribution in [0.15, 0.2) is 30.3 Å². The minimum absolute atomic E-state index is 0.106. The number of epoxide rings is 1. The van der Waals surface area contributed by atoms with Crippen molar-refractivity contribution in [2.24, 2.45) is 0 Å². The summed E-state index contributed by atoms with van der Waals surface area (Å²) in [7, 11) is 0. The molecule has 0 spiro atoms. The Labute approximate surface area is 89.4 Å². The second-order valence-corrected chi connectivity index (χ2v) is 3.75. The summed E-state index contributed by atoms with van der Waals surface area (Å²) in [6.45, 7) is 1.45. The van der Waals surface area contributed by atoms with Crippen LogP contribution in [0.1, 0.15) is 12.0 Å². The number of nitrogens with one attached hydrogen (secondary N) is 1. The monoisotopic (exact) mass is 205 g/mol. The van der Waals surface area contributed by atoms with Gasteiger partial charge in [-0.3, -0.25) is 4.79 Å². The van der Waals surface area contributed by atoms with E-state index >= 15 is 0 Å². The third-order valence-electron chi connectivity index (χ3n) is 2.41. The molecule has 3 nitrogen and oxygen atoms in total. The summed E-state index contributed by atoms with van der Waals surface area (Å²) in [5.74, 6) is 0.106. The van der Waals surface area contributed by atoms with Crippen LogP contribution in [0, 0.1) is 0 Å². The van der Waals surface area contributed by atoms with E-state index < -0.39 is 0 Å². The van der Waals surface area contributed by atoms with Gasteiger partial charge in [-0.2, -0.15) is 0 Å². The Kier molecular flexibility index (Phi) is 3.35. The lowest BCUT2D eigenvalue weighted by Crippen LogP contribution is -2.27. The number of aryl methyl sites for hydroxylation is 1. The van der Waals surface area contributed by atoms with Gasteiger partial charge in [-0.25, -0.2) is 0 Å². The van der Waals surface area contributed by atoms with Crippen molar-refractivity contribution in [1.29, 1.82) is 0 Å². The number of amides is 1. The van der Waals surface area contributed by atoms with Crippen molar-refractivity contribution in [3.05, 3.63) is 35.9 Å². The van der Waals surface area contributed by atoms with Crippen LogP contribution in [-0.2, 0) is 16.0 Å². The average Bonchev–Trinajstić information content (AvgIpc) is 3.09. The van der Waals surface area contributed by atoms with E-state index in [0.717, 1.165) is 13.0 Å². The molecule has 1 aromatic rings. The van der Waals surface area contributed by atoms with Gasteiger partial charge in [0.15, 0.2) is 0 Å². The van der Waals surface area contributed by atoms with E-state index in [2.05, 4.69) is 5.32 Å². The van der Waals surface area contributed by atoms with Crippen LogP contribution in [0.5, 0.6) is 0 Å². The van der Waals surface area contributed by atoms with Crippen LogP contribution in [0.4, 0.5) is 0 Å². The number of hydrogen-bond acceptors (Lipinski definition) is 2. The summed E-state index contributed by atoms with van der Waals surface area (Å²) in [5, 5.41) is 2.85. The van der Waals surface area contributed by atoms with Gasteiger partial charge in [0.2, 0.25) is 5.91 Å². The molecular weight excluding hydrogens is 190 g/mol. The topological polar surface area (TPSA) is 41.6 Å². The number of carbonyl (C=O) groups excluding carboxylic acids is 1. The van der Waals surface area contributed by atoms with Gasteiger partial charge in [0.25, 0.3) is 0 Å². The third kappa shape index (κ3) is 3.72. The van der Waals surface area contributed by atoms with Gasteiger partial charge in [-0.15, -0.1) is 0 Å². The quantitative estimate of drug-likeness (QED) is 0.732. The second kappa shape index (κ2) is 4.94. The molecule has 0 aliphatic carbocycles. The lowest BCUT2D eigenvalue weighted by Gasteiger charge is -2.02. The van der Waals surface area contributed by atoms with Gasteiger partial charge >= 0.3 is 0 Å². The third-order valence-corrected chi connectivity index (χ3v) is 2.41. The van der Waals surface area contributed by atoms with E-state index in [0.29, 0.717) is 13.0 Å². The molecule has 1 heterocycles. The van der Waals surface area contributed by atoms with Gasteiger partial charge in [-0.1, -0.05) is 30.3 Å². The molecule has 15 heavy (non-hydrogen) atoms. The molecule has 0 radical (unpaired) electrons. The van der Waals surface area contributed by atoms with Gasteiger partial charge in [0.1, 0.15) is 0 Å². The fraction of sp³-hybridized carbons (Fsp3) is 0.417. The molecule has 1 aliphatic rings. The Morgan fingerprint density at radius 1 is 1.40 bits per heavy atom. The van der Waals surface area contributed by atoms with Gasteiger partial charge in [0, 0.05) is 13.0 Å².